The molecule has 0 saturated carbocycles. The van der Waals surface area contributed by atoms with Gasteiger partial charge in [0.2, 0.25) is 5.88 Å². The Labute approximate surface area is 226 Å². The highest BCUT2D eigenvalue weighted by molar-refractivity contribution is 7.92. The molecule has 0 spiro atoms. The smallest absolute Gasteiger partial charge is 0.333 e. The quantitative estimate of drug-likeness (QED) is 0.258. The average Bonchev–Trinajstić information content (AvgIpc) is 3.29. The first-order valence-electron chi connectivity index (χ1n) is 11.0. The summed E-state index contributed by atoms with van der Waals surface area (Å²) in [6, 6.07) is 9.92. The molecule has 38 heavy (non-hydrogen) atoms. The summed E-state index contributed by atoms with van der Waals surface area (Å²) in [6.07, 6.45) is 0. The second-order valence-electron chi connectivity index (χ2n) is 8.48. The van der Waals surface area contributed by atoms with E-state index in [9.17, 15) is 23.1 Å². The van der Waals surface area contributed by atoms with Crippen LogP contribution in [0.5, 0.6) is 5.88 Å². The van der Waals surface area contributed by atoms with Gasteiger partial charge in [0.15, 0.2) is 0 Å². The van der Waals surface area contributed by atoms with E-state index >= 15 is 4.39 Å². The minimum atomic E-state index is -4.18. The summed E-state index contributed by atoms with van der Waals surface area (Å²) in [4.78, 5) is 27.4. The van der Waals surface area contributed by atoms with E-state index in [1.165, 1.54) is 24.3 Å². The Bertz CT molecular complexity index is 1720. The third-order valence-electron chi connectivity index (χ3n) is 5.51. The van der Waals surface area contributed by atoms with Gasteiger partial charge in [-0.15, -0.1) is 11.3 Å². The van der Waals surface area contributed by atoms with Gasteiger partial charge in [0.25, 0.3) is 15.6 Å². The van der Waals surface area contributed by atoms with Crippen molar-refractivity contribution in [3.05, 3.63) is 74.6 Å². The summed E-state index contributed by atoms with van der Waals surface area (Å²) in [5.41, 5.74) is 0.183. The van der Waals surface area contributed by atoms with Crippen LogP contribution in [0.25, 0.3) is 16.5 Å². The molecule has 2 amide bonds. The van der Waals surface area contributed by atoms with E-state index in [1.807, 2.05) is 4.72 Å². The zero-order chi connectivity index (χ0) is 27.8. The zero-order valence-electron chi connectivity index (χ0n) is 20.4. The van der Waals surface area contributed by atoms with Gasteiger partial charge in [-0.2, -0.15) is 0 Å². The van der Waals surface area contributed by atoms with Crippen molar-refractivity contribution in [2.24, 2.45) is 0 Å². The van der Waals surface area contributed by atoms with Crippen molar-refractivity contribution in [2.45, 2.75) is 10.8 Å². The molecule has 4 N–H and O–H groups in total. The number of pyridine rings is 1. The largest absolute Gasteiger partial charge is 0.494 e. The van der Waals surface area contributed by atoms with Gasteiger partial charge in [-0.3, -0.25) is 4.79 Å². The molecule has 0 fully saturated rings. The van der Waals surface area contributed by atoms with E-state index in [4.69, 9.17) is 11.6 Å². The molecule has 0 saturated heterocycles. The monoisotopic (exact) mass is 579 g/mol. The lowest BCUT2D eigenvalue weighted by molar-refractivity contribution is 0.256. The minimum Gasteiger partial charge on any atom is -0.494 e. The van der Waals surface area contributed by atoms with E-state index in [0.29, 0.717) is 10.9 Å². The van der Waals surface area contributed by atoms with Crippen LogP contribution in [0, 0.1) is 5.82 Å². The first kappa shape index (κ1) is 27.4. The van der Waals surface area contributed by atoms with Crippen LogP contribution >= 0.6 is 22.9 Å². The summed E-state index contributed by atoms with van der Waals surface area (Å²) in [6.45, 7) is 0.265. The van der Waals surface area contributed by atoms with Crippen LogP contribution < -0.4 is 20.9 Å². The highest BCUT2D eigenvalue weighted by atomic mass is 35.5. The fourth-order valence-electron chi connectivity index (χ4n) is 3.84. The predicted molar refractivity (Wildman–Crippen MR) is 147 cm³/mol. The van der Waals surface area contributed by atoms with Gasteiger partial charge in [0, 0.05) is 35.9 Å². The maximum absolute atomic E-state index is 15.3. The Hall–Kier alpha value is -3.65. The van der Waals surface area contributed by atoms with Crippen LogP contribution in [0.4, 0.5) is 20.6 Å². The summed E-state index contributed by atoms with van der Waals surface area (Å²) >= 11 is 6.52. The van der Waals surface area contributed by atoms with Crippen LogP contribution in [0.1, 0.15) is 5.56 Å². The molecule has 4 aromatic rings. The van der Waals surface area contributed by atoms with Crippen molar-refractivity contribution in [2.75, 3.05) is 31.8 Å². The number of aromatic hydroxyl groups is 1. The number of anilines is 2. The van der Waals surface area contributed by atoms with Crippen molar-refractivity contribution < 1.29 is 22.7 Å². The summed E-state index contributed by atoms with van der Waals surface area (Å²) in [7, 11) is 1.14. The van der Waals surface area contributed by atoms with E-state index in [1.54, 1.807) is 44.2 Å². The number of carbonyl (C=O) groups excluding carboxylic acids is 1. The Balaban J connectivity index is 1.70. The number of fused-ring (bicyclic) bond motifs is 1. The van der Waals surface area contributed by atoms with Gasteiger partial charge in [-0.1, -0.05) is 11.6 Å². The number of carbonyl (C=O) groups is 1. The van der Waals surface area contributed by atoms with Crippen LogP contribution in [0.2, 0.25) is 4.34 Å². The Morgan fingerprint density at radius 2 is 1.82 bits per heavy atom. The van der Waals surface area contributed by atoms with Crippen LogP contribution in [-0.2, 0) is 16.6 Å². The molecule has 0 aliphatic rings. The number of sulfonamides is 1. The average molecular weight is 580 g/mol. The van der Waals surface area contributed by atoms with Crippen LogP contribution in [-0.4, -0.2) is 50.2 Å². The van der Waals surface area contributed by atoms with Crippen molar-refractivity contribution in [1.29, 1.82) is 0 Å². The lowest BCUT2D eigenvalue weighted by Crippen LogP contribution is -2.34. The number of nitrogens with one attached hydrogen (secondary N) is 3. The molecule has 0 atom stereocenters. The van der Waals surface area contributed by atoms with Crippen molar-refractivity contribution >= 4 is 61.1 Å². The molecule has 2 aromatic heterocycles. The summed E-state index contributed by atoms with van der Waals surface area (Å²) in [5.74, 6) is -1.36. The fourth-order valence-corrected chi connectivity index (χ4v) is 6.23. The molecule has 200 valence electrons. The fraction of sp³-hybridized carbons (Fsp3) is 0.167. The highest BCUT2D eigenvalue weighted by Crippen LogP contribution is 2.31. The topological polar surface area (TPSA) is 133 Å². The molecular weight excluding hydrogens is 557 g/mol. The number of aromatic nitrogens is 1. The SMILES string of the molecule is CNc1ccc2c(=O)n(-c3ccc(NC(=O)NS(=O)(=O)c4ccc(Cl)s4)cc3F)c(O)c(CN(C)C)c2c1. The number of halogens is 2. The summed E-state index contributed by atoms with van der Waals surface area (Å²) in [5, 5.41) is 17.1. The van der Waals surface area contributed by atoms with Crippen molar-refractivity contribution in [3.63, 3.8) is 0 Å². The van der Waals surface area contributed by atoms with Gasteiger partial charge >= 0.3 is 6.03 Å². The Morgan fingerprint density at radius 1 is 1.11 bits per heavy atom. The lowest BCUT2D eigenvalue weighted by atomic mass is 10.0. The molecule has 0 unspecified atom stereocenters. The molecule has 2 aromatic carbocycles. The molecule has 10 nitrogen and oxygen atoms in total. The summed E-state index contributed by atoms with van der Waals surface area (Å²) < 4.78 is 42.6. The molecule has 14 heteroatoms. The lowest BCUT2D eigenvalue weighted by Gasteiger charge is -2.19. The van der Waals surface area contributed by atoms with Gasteiger partial charge in [-0.05, 0) is 68.0 Å². The number of thiophene rings is 1. The number of hydrogen-bond acceptors (Lipinski definition) is 8. The normalized spacial score (nSPS) is 11.6. The third kappa shape index (κ3) is 5.45. The maximum Gasteiger partial charge on any atom is 0.333 e. The molecule has 2 heterocycles. The molecule has 4 rings (SSSR count). The molecule has 0 bridgehead atoms. The number of hydrogen-bond donors (Lipinski definition) is 4. The van der Waals surface area contributed by atoms with E-state index in [0.717, 1.165) is 27.7 Å². The van der Waals surface area contributed by atoms with Crippen molar-refractivity contribution in [1.82, 2.24) is 14.2 Å². The van der Waals surface area contributed by atoms with E-state index in [-0.39, 0.29) is 31.9 Å². The number of urea groups is 1. The maximum atomic E-state index is 15.3. The second-order valence-corrected chi connectivity index (χ2v) is 12.1. The predicted octanol–water partition coefficient (Wildman–Crippen LogP) is 4.16. The number of nitrogens with zero attached hydrogens (tertiary/aromatic N) is 2. The highest BCUT2D eigenvalue weighted by Gasteiger charge is 2.22. The third-order valence-corrected chi connectivity index (χ3v) is 8.56. The first-order valence-corrected chi connectivity index (χ1v) is 13.7. The minimum absolute atomic E-state index is 0.0799. The van der Waals surface area contributed by atoms with Gasteiger partial charge < -0.3 is 20.6 Å². The number of benzene rings is 2. The van der Waals surface area contributed by atoms with Gasteiger partial charge in [0.1, 0.15) is 10.0 Å². The standard InChI is InChI=1S/C24H23ClFN5O5S2/c1-27-13-4-6-15-16(10-13)17(12-30(2)3)23(33)31(22(15)32)19-7-5-14(11-18(19)26)28-24(34)29-38(35,36)21-9-8-20(25)37-21/h4-11,27,33H,12H2,1-3H3,(H2,28,29,34). The van der Waals surface area contributed by atoms with Crippen molar-refractivity contribution in [3.8, 4) is 11.6 Å². The van der Waals surface area contributed by atoms with E-state index < -0.39 is 33.3 Å². The number of amides is 2. The molecule has 0 aliphatic carbocycles. The van der Waals surface area contributed by atoms with Crippen LogP contribution in [0.15, 0.2) is 57.5 Å². The molecular formula is C24H23ClFN5O5S2. The second kappa shape index (κ2) is 10.6. The van der Waals surface area contributed by atoms with E-state index in [2.05, 4.69) is 10.6 Å². The molecule has 0 radical (unpaired) electrons. The molecule has 0 aliphatic heterocycles. The first-order chi connectivity index (χ1) is 17.9. The van der Waals surface area contributed by atoms with Crippen LogP contribution in [0.3, 0.4) is 0 Å². The van der Waals surface area contributed by atoms with Gasteiger partial charge in [0.05, 0.1) is 10.0 Å². The zero-order valence-corrected chi connectivity index (χ0v) is 22.8. The number of rotatable bonds is 7. The van der Waals surface area contributed by atoms with Gasteiger partial charge in [-0.25, -0.2) is 26.9 Å². The Kier molecular flexibility index (Phi) is 7.65. The Morgan fingerprint density at radius 3 is 2.42 bits per heavy atom.